The maximum Gasteiger partial charge on any atom is 0.0888 e. The molecule has 1 nitrogen and oxygen atoms in total. The van der Waals surface area contributed by atoms with Crippen LogP contribution in [0.5, 0.6) is 0 Å². The van der Waals surface area contributed by atoms with Gasteiger partial charge in [-0.3, -0.25) is 4.98 Å². The molecular weight excluding hydrogens is 202 g/mol. The number of fused-ring (bicyclic) bond motifs is 3. The van der Waals surface area contributed by atoms with Gasteiger partial charge in [-0.1, -0.05) is 19.1 Å². The lowest BCUT2D eigenvalue weighted by Crippen LogP contribution is -1.77. The molecule has 15 heavy (non-hydrogen) atoms. The molecule has 3 rings (SSSR count). The van der Waals surface area contributed by atoms with Gasteiger partial charge < -0.3 is 0 Å². The van der Waals surface area contributed by atoms with E-state index in [1.54, 1.807) is 0 Å². The fourth-order valence-corrected chi connectivity index (χ4v) is 2.99. The van der Waals surface area contributed by atoms with Gasteiger partial charge in [0.25, 0.3) is 0 Å². The van der Waals surface area contributed by atoms with Crippen molar-refractivity contribution in [2.24, 2.45) is 0 Å². The predicted molar refractivity (Wildman–Crippen MR) is 66.5 cm³/mol. The molecule has 0 aliphatic rings. The zero-order valence-electron chi connectivity index (χ0n) is 8.53. The molecule has 0 N–H and O–H groups in total. The average molecular weight is 213 g/mol. The number of hydrogen-bond acceptors (Lipinski definition) is 2. The second-order valence-corrected chi connectivity index (χ2v) is 4.72. The predicted octanol–water partition coefficient (Wildman–Crippen LogP) is 4.01. The smallest absolute Gasteiger partial charge is 0.0888 e. The summed E-state index contributed by atoms with van der Waals surface area (Å²) in [6.45, 7) is 2.19. The van der Waals surface area contributed by atoms with Crippen LogP contribution in [0.25, 0.3) is 20.3 Å². The van der Waals surface area contributed by atoms with E-state index in [1.807, 2.05) is 23.6 Å². The van der Waals surface area contributed by atoms with Gasteiger partial charge in [-0.2, -0.15) is 0 Å². The normalized spacial score (nSPS) is 11.3. The molecule has 0 fully saturated rings. The van der Waals surface area contributed by atoms with Crippen LogP contribution in [0.1, 0.15) is 12.5 Å². The molecule has 1 aromatic carbocycles. The number of rotatable bonds is 1. The first kappa shape index (κ1) is 8.86. The Bertz CT molecular complexity index is 625. The van der Waals surface area contributed by atoms with Gasteiger partial charge in [-0.05, 0) is 30.2 Å². The Morgan fingerprint density at radius 3 is 3.00 bits per heavy atom. The maximum atomic E-state index is 4.44. The van der Waals surface area contributed by atoms with Crippen LogP contribution >= 0.6 is 11.3 Å². The second-order valence-electron chi connectivity index (χ2n) is 3.64. The first-order valence-electron chi connectivity index (χ1n) is 5.14. The third kappa shape index (κ3) is 1.33. The lowest BCUT2D eigenvalue weighted by molar-refractivity contribution is 1.15. The molecule has 2 heteroatoms. The molecular formula is C13H11NS. The summed E-state index contributed by atoms with van der Waals surface area (Å²) in [5.41, 5.74) is 2.54. The Kier molecular flexibility index (Phi) is 1.96. The average Bonchev–Trinajstić information content (AvgIpc) is 2.66. The van der Waals surface area contributed by atoms with E-state index in [9.17, 15) is 0 Å². The van der Waals surface area contributed by atoms with Crippen molar-refractivity contribution in [3.8, 4) is 0 Å². The molecule has 0 spiro atoms. The van der Waals surface area contributed by atoms with Crippen molar-refractivity contribution in [2.45, 2.75) is 13.3 Å². The lowest BCUT2D eigenvalue weighted by Gasteiger charge is -1.95. The van der Waals surface area contributed by atoms with Gasteiger partial charge in [-0.25, -0.2) is 0 Å². The molecule has 2 aromatic heterocycles. The zero-order chi connectivity index (χ0) is 10.3. The summed E-state index contributed by atoms with van der Waals surface area (Å²) in [7, 11) is 0. The third-order valence-electron chi connectivity index (χ3n) is 2.70. The molecule has 3 aromatic rings. The summed E-state index contributed by atoms with van der Waals surface area (Å²) < 4.78 is 2.63. The van der Waals surface area contributed by atoms with E-state index in [0.29, 0.717) is 0 Å². The summed E-state index contributed by atoms with van der Waals surface area (Å²) in [4.78, 5) is 4.44. The summed E-state index contributed by atoms with van der Waals surface area (Å²) >= 11 is 1.83. The number of aryl methyl sites for hydroxylation is 1. The summed E-state index contributed by atoms with van der Waals surface area (Å²) in [5, 5.41) is 1.28. The molecule has 0 saturated carbocycles. The molecule has 2 heterocycles. The number of hydrogen-bond donors (Lipinski definition) is 0. The quantitative estimate of drug-likeness (QED) is 0.595. The molecule has 0 radical (unpaired) electrons. The van der Waals surface area contributed by atoms with Gasteiger partial charge in [0.1, 0.15) is 0 Å². The molecule has 0 bridgehead atoms. The van der Waals surface area contributed by atoms with Crippen LogP contribution in [-0.2, 0) is 6.42 Å². The SMILES string of the molecule is CCc1ccc2c(c1)sc1cccnc12. The van der Waals surface area contributed by atoms with E-state index in [4.69, 9.17) is 0 Å². The number of aromatic nitrogens is 1. The van der Waals surface area contributed by atoms with Gasteiger partial charge >= 0.3 is 0 Å². The monoisotopic (exact) mass is 213 g/mol. The van der Waals surface area contributed by atoms with Gasteiger partial charge in [0, 0.05) is 16.3 Å². The molecule has 0 amide bonds. The van der Waals surface area contributed by atoms with Crippen molar-refractivity contribution in [3.63, 3.8) is 0 Å². The highest BCUT2D eigenvalue weighted by Crippen LogP contribution is 2.32. The Labute approximate surface area is 92.4 Å². The Balaban J connectivity index is 2.43. The van der Waals surface area contributed by atoms with E-state index in [-0.39, 0.29) is 0 Å². The minimum absolute atomic E-state index is 1.09. The van der Waals surface area contributed by atoms with Crippen LogP contribution in [0, 0.1) is 0 Å². The van der Waals surface area contributed by atoms with E-state index >= 15 is 0 Å². The largest absolute Gasteiger partial charge is 0.255 e. The topological polar surface area (TPSA) is 12.9 Å². The van der Waals surface area contributed by atoms with Crippen LogP contribution in [-0.4, -0.2) is 4.98 Å². The summed E-state index contributed by atoms with van der Waals surface area (Å²) in [5.74, 6) is 0. The molecule has 0 atom stereocenters. The van der Waals surface area contributed by atoms with E-state index < -0.39 is 0 Å². The molecule has 0 unspecified atom stereocenters. The zero-order valence-corrected chi connectivity index (χ0v) is 9.34. The maximum absolute atomic E-state index is 4.44. The number of benzene rings is 1. The van der Waals surface area contributed by atoms with Crippen LogP contribution < -0.4 is 0 Å². The van der Waals surface area contributed by atoms with Gasteiger partial charge in [-0.15, -0.1) is 11.3 Å². The molecule has 0 aliphatic carbocycles. The van der Waals surface area contributed by atoms with Crippen LogP contribution in [0.4, 0.5) is 0 Å². The van der Waals surface area contributed by atoms with Crippen molar-refractivity contribution < 1.29 is 0 Å². The van der Waals surface area contributed by atoms with Crippen molar-refractivity contribution in [2.75, 3.05) is 0 Å². The molecule has 0 aliphatic heterocycles. The van der Waals surface area contributed by atoms with Crippen LogP contribution in [0.2, 0.25) is 0 Å². The summed E-state index contributed by atoms with van der Waals surface area (Å²) in [6, 6.07) is 10.8. The first-order valence-corrected chi connectivity index (χ1v) is 5.96. The lowest BCUT2D eigenvalue weighted by atomic mass is 10.1. The highest BCUT2D eigenvalue weighted by Gasteiger charge is 2.05. The van der Waals surface area contributed by atoms with Gasteiger partial charge in [0.05, 0.1) is 10.2 Å². The van der Waals surface area contributed by atoms with Crippen LogP contribution in [0.15, 0.2) is 36.5 Å². The third-order valence-corrected chi connectivity index (χ3v) is 3.81. The molecule has 74 valence electrons. The van der Waals surface area contributed by atoms with E-state index in [0.717, 1.165) is 11.9 Å². The van der Waals surface area contributed by atoms with Gasteiger partial charge in [0.15, 0.2) is 0 Å². The van der Waals surface area contributed by atoms with Crippen molar-refractivity contribution >= 4 is 31.6 Å². The second kappa shape index (κ2) is 3.31. The van der Waals surface area contributed by atoms with Crippen molar-refractivity contribution in [1.29, 1.82) is 0 Å². The Hall–Kier alpha value is -1.41. The number of pyridine rings is 1. The number of nitrogens with zero attached hydrogens (tertiary/aromatic N) is 1. The van der Waals surface area contributed by atoms with Gasteiger partial charge in [0.2, 0.25) is 0 Å². The fourth-order valence-electron chi connectivity index (χ4n) is 1.86. The highest BCUT2D eigenvalue weighted by atomic mass is 32.1. The summed E-state index contributed by atoms with van der Waals surface area (Å²) in [6.07, 6.45) is 2.96. The first-order chi connectivity index (χ1) is 7.38. The minimum atomic E-state index is 1.09. The molecule has 0 saturated heterocycles. The van der Waals surface area contributed by atoms with E-state index in [1.165, 1.54) is 20.3 Å². The van der Waals surface area contributed by atoms with Crippen LogP contribution in [0.3, 0.4) is 0 Å². The Morgan fingerprint density at radius 2 is 2.13 bits per heavy atom. The number of thiophene rings is 1. The Morgan fingerprint density at radius 1 is 1.20 bits per heavy atom. The van der Waals surface area contributed by atoms with E-state index in [2.05, 4.69) is 36.2 Å². The minimum Gasteiger partial charge on any atom is -0.255 e. The fraction of sp³-hybridized carbons (Fsp3) is 0.154. The highest BCUT2D eigenvalue weighted by molar-refractivity contribution is 7.25. The van der Waals surface area contributed by atoms with Crippen molar-refractivity contribution in [1.82, 2.24) is 4.98 Å². The van der Waals surface area contributed by atoms with Crippen molar-refractivity contribution in [3.05, 3.63) is 42.1 Å². The standard InChI is InChI=1S/C13H11NS/c1-2-9-5-6-10-12(8-9)15-11-4-3-7-14-13(10)11/h3-8H,2H2,1H3.